The summed E-state index contributed by atoms with van der Waals surface area (Å²) in [7, 11) is 0. The van der Waals surface area contributed by atoms with E-state index in [2.05, 4.69) is 10.6 Å². The molecule has 0 saturated carbocycles. The van der Waals surface area contributed by atoms with E-state index in [1.165, 1.54) is 0 Å². The fourth-order valence-electron chi connectivity index (χ4n) is 2.63. The molecule has 112 valence electrons. The molecule has 1 rings (SSSR count). The molecule has 4 nitrogen and oxygen atoms in total. The minimum Gasteiger partial charge on any atom is -0.388 e. The van der Waals surface area contributed by atoms with E-state index in [0.717, 1.165) is 25.9 Å². The number of hydrogen-bond acceptors (Lipinski definition) is 3. The Morgan fingerprint density at radius 2 is 2.00 bits per heavy atom. The van der Waals surface area contributed by atoms with Crippen LogP contribution in [-0.4, -0.2) is 36.2 Å². The maximum absolute atomic E-state index is 12.4. The van der Waals surface area contributed by atoms with Crippen LogP contribution < -0.4 is 10.6 Å². The van der Waals surface area contributed by atoms with Crippen molar-refractivity contribution in [1.29, 1.82) is 0 Å². The van der Waals surface area contributed by atoms with E-state index >= 15 is 0 Å². The van der Waals surface area contributed by atoms with E-state index in [4.69, 9.17) is 0 Å². The highest BCUT2D eigenvalue weighted by atomic mass is 16.3. The Labute approximate surface area is 117 Å². The maximum Gasteiger partial charge on any atom is 0.226 e. The van der Waals surface area contributed by atoms with Crippen molar-refractivity contribution in [2.45, 2.75) is 59.0 Å². The Balaban J connectivity index is 2.55. The van der Waals surface area contributed by atoms with Gasteiger partial charge in [-0.3, -0.25) is 4.79 Å². The molecule has 0 aromatic rings. The van der Waals surface area contributed by atoms with Gasteiger partial charge >= 0.3 is 0 Å². The zero-order valence-electron chi connectivity index (χ0n) is 12.9. The third-order valence-corrected chi connectivity index (χ3v) is 4.80. The van der Waals surface area contributed by atoms with Crippen molar-refractivity contribution in [3.05, 3.63) is 0 Å². The van der Waals surface area contributed by atoms with Crippen LogP contribution in [-0.2, 0) is 4.79 Å². The number of carbonyl (C=O) groups is 1. The van der Waals surface area contributed by atoms with Gasteiger partial charge in [0.05, 0.1) is 5.60 Å². The van der Waals surface area contributed by atoms with Crippen molar-refractivity contribution in [2.24, 2.45) is 11.3 Å². The third kappa shape index (κ3) is 4.18. The average Bonchev–Trinajstić information content (AvgIpc) is 2.45. The topological polar surface area (TPSA) is 61.4 Å². The monoisotopic (exact) mass is 270 g/mol. The lowest BCUT2D eigenvalue weighted by molar-refractivity contribution is -0.134. The number of carbonyl (C=O) groups excluding carboxylic acids is 1. The second-order valence-electron chi connectivity index (χ2n) is 6.38. The zero-order valence-corrected chi connectivity index (χ0v) is 12.9. The van der Waals surface area contributed by atoms with Crippen molar-refractivity contribution in [3.8, 4) is 0 Å². The van der Waals surface area contributed by atoms with Crippen LogP contribution in [0.3, 0.4) is 0 Å². The largest absolute Gasteiger partial charge is 0.388 e. The van der Waals surface area contributed by atoms with E-state index in [0.29, 0.717) is 25.3 Å². The summed E-state index contributed by atoms with van der Waals surface area (Å²) in [5, 5.41) is 16.5. The minimum absolute atomic E-state index is 0.0570. The molecule has 4 heteroatoms. The number of nitrogens with one attached hydrogen (secondary N) is 2. The summed E-state index contributed by atoms with van der Waals surface area (Å²) in [6.45, 7) is 10.2. The van der Waals surface area contributed by atoms with Crippen LogP contribution in [0.4, 0.5) is 0 Å². The lowest BCUT2D eigenvalue weighted by atomic mass is 9.74. The minimum atomic E-state index is -0.767. The van der Waals surface area contributed by atoms with Gasteiger partial charge in [-0.1, -0.05) is 27.7 Å². The molecular formula is C15H30N2O2. The second-order valence-corrected chi connectivity index (χ2v) is 6.38. The third-order valence-electron chi connectivity index (χ3n) is 4.80. The summed E-state index contributed by atoms with van der Waals surface area (Å²) in [5.41, 5.74) is -1.15. The fraction of sp³-hybridized carbons (Fsp3) is 0.933. The number of hydrogen-bond donors (Lipinski definition) is 3. The molecule has 0 aromatic carbocycles. The molecule has 0 aromatic heterocycles. The molecule has 0 aliphatic carbocycles. The molecule has 1 fully saturated rings. The summed E-state index contributed by atoms with van der Waals surface area (Å²) in [4.78, 5) is 12.4. The van der Waals surface area contributed by atoms with Crippen LogP contribution in [0, 0.1) is 11.3 Å². The molecule has 0 bridgehead atoms. The van der Waals surface area contributed by atoms with Gasteiger partial charge in [-0.25, -0.2) is 0 Å². The standard InChI is InChI=1S/C15H30N2O2/c1-5-15(19,6-2)11-17-13(18)14(3,4)12-8-7-9-16-10-12/h12,16,19H,5-11H2,1-4H3,(H,17,18). The van der Waals surface area contributed by atoms with Crippen molar-refractivity contribution in [1.82, 2.24) is 10.6 Å². The first kappa shape index (κ1) is 16.4. The van der Waals surface area contributed by atoms with Gasteiger partial charge in [-0.05, 0) is 44.7 Å². The molecule has 0 spiro atoms. The maximum atomic E-state index is 12.4. The van der Waals surface area contributed by atoms with Gasteiger partial charge in [0.2, 0.25) is 5.91 Å². The first-order valence-electron chi connectivity index (χ1n) is 7.57. The molecule has 1 aliphatic heterocycles. The predicted molar refractivity (Wildman–Crippen MR) is 77.9 cm³/mol. The molecule has 1 amide bonds. The Hall–Kier alpha value is -0.610. The second kappa shape index (κ2) is 6.71. The van der Waals surface area contributed by atoms with E-state index in [1.54, 1.807) is 0 Å². The molecule has 1 atom stereocenters. The normalized spacial score (nSPS) is 21.2. The summed E-state index contributed by atoms with van der Waals surface area (Å²) in [5.74, 6) is 0.430. The van der Waals surface area contributed by atoms with Gasteiger partial charge in [0.1, 0.15) is 0 Å². The Kier molecular flexibility index (Phi) is 5.81. The lowest BCUT2D eigenvalue weighted by Crippen LogP contribution is -2.51. The average molecular weight is 270 g/mol. The molecule has 1 unspecified atom stereocenters. The predicted octanol–water partition coefficient (Wildman–Crippen LogP) is 1.68. The van der Waals surface area contributed by atoms with Crippen LogP contribution in [0.5, 0.6) is 0 Å². The van der Waals surface area contributed by atoms with Crippen molar-refractivity contribution in [2.75, 3.05) is 19.6 Å². The molecule has 3 N–H and O–H groups in total. The smallest absolute Gasteiger partial charge is 0.226 e. The van der Waals surface area contributed by atoms with Crippen molar-refractivity contribution >= 4 is 5.91 Å². The molecule has 1 heterocycles. The lowest BCUT2D eigenvalue weighted by Gasteiger charge is -2.37. The van der Waals surface area contributed by atoms with Gasteiger partial charge in [0.15, 0.2) is 0 Å². The highest BCUT2D eigenvalue weighted by Gasteiger charge is 2.38. The highest BCUT2D eigenvalue weighted by Crippen LogP contribution is 2.32. The summed E-state index contributed by atoms with van der Waals surface area (Å²) in [6.07, 6.45) is 3.55. The van der Waals surface area contributed by atoms with Crippen molar-refractivity contribution < 1.29 is 9.90 Å². The molecule has 19 heavy (non-hydrogen) atoms. The number of amides is 1. The van der Waals surface area contributed by atoms with Gasteiger partial charge in [0, 0.05) is 12.0 Å². The zero-order chi connectivity index (χ0) is 14.5. The number of rotatable bonds is 6. The first-order chi connectivity index (χ1) is 8.85. The first-order valence-corrected chi connectivity index (χ1v) is 7.57. The van der Waals surface area contributed by atoms with Crippen LogP contribution >= 0.6 is 0 Å². The fourth-order valence-corrected chi connectivity index (χ4v) is 2.63. The van der Waals surface area contributed by atoms with Gasteiger partial charge in [0.25, 0.3) is 0 Å². The van der Waals surface area contributed by atoms with Crippen LogP contribution in [0.25, 0.3) is 0 Å². The summed E-state index contributed by atoms with van der Waals surface area (Å²) >= 11 is 0. The van der Waals surface area contributed by atoms with E-state index in [9.17, 15) is 9.90 Å². The summed E-state index contributed by atoms with van der Waals surface area (Å²) in [6, 6.07) is 0. The Morgan fingerprint density at radius 1 is 1.37 bits per heavy atom. The van der Waals surface area contributed by atoms with Gasteiger partial charge < -0.3 is 15.7 Å². The van der Waals surface area contributed by atoms with Gasteiger partial charge in [-0.15, -0.1) is 0 Å². The van der Waals surface area contributed by atoms with Crippen LogP contribution in [0.15, 0.2) is 0 Å². The van der Waals surface area contributed by atoms with Gasteiger partial charge in [-0.2, -0.15) is 0 Å². The summed E-state index contributed by atoms with van der Waals surface area (Å²) < 4.78 is 0. The molecule has 0 radical (unpaired) electrons. The molecular weight excluding hydrogens is 240 g/mol. The van der Waals surface area contributed by atoms with E-state index in [1.807, 2.05) is 27.7 Å². The molecule has 1 aliphatic rings. The molecule has 1 saturated heterocycles. The van der Waals surface area contributed by atoms with E-state index in [-0.39, 0.29) is 11.3 Å². The quantitative estimate of drug-likeness (QED) is 0.688. The SMILES string of the molecule is CCC(O)(CC)CNC(=O)C(C)(C)C1CCCNC1. The Bertz CT molecular complexity index is 293. The number of aliphatic hydroxyl groups is 1. The number of piperidine rings is 1. The Morgan fingerprint density at radius 3 is 2.47 bits per heavy atom. The van der Waals surface area contributed by atoms with Crippen molar-refractivity contribution in [3.63, 3.8) is 0 Å². The van der Waals surface area contributed by atoms with Crippen LogP contribution in [0.1, 0.15) is 53.4 Å². The van der Waals surface area contributed by atoms with E-state index < -0.39 is 5.60 Å². The highest BCUT2D eigenvalue weighted by molar-refractivity contribution is 5.82. The van der Waals surface area contributed by atoms with Crippen LogP contribution in [0.2, 0.25) is 0 Å².